The lowest BCUT2D eigenvalue weighted by Crippen LogP contribution is -2.56. The third kappa shape index (κ3) is 3.04. The Balaban J connectivity index is 1.73. The first-order valence-corrected chi connectivity index (χ1v) is 7.90. The molecule has 1 saturated heterocycles. The lowest BCUT2D eigenvalue weighted by Gasteiger charge is -2.40. The smallest absolute Gasteiger partial charge is 0.123 e. The number of nitrogens with one attached hydrogen (secondary N) is 1. The molecule has 2 fully saturated rings. The zero-order valence-electron chi connectivity index (χ0n) is 12.5. The molecule has 0 bridgehead atoms. The maximum atomic E-state index is 13.5. The van der Waals surface area contributed by atoms with Gasteiger partial charge in [-0.3, -0.25) is 4.90 Å². The molecule has 20 heavy (non-hydrogen) atoms. The fourth-order valence-corrected chi connectivity index (χ4v) is 3.32. The van der Waals surface area contributed by atoms with Crippen LogP contribution in [0, 0.1) is 18.7 Å². The van der Waals surface area contributed by atoms with Gasteiger partial charge in [-0.1, -0.05) is 13.0 Å². The van der Waals surface area contributed by atoms with Crippen LogP contribution in [0.1, 0.15) is 37.3 Å². The van der Waals surface area contributed by atoms with Gasteiger partial charge in [-0.2, -0.15) is 0 Å². The predicted octanol–water partition coefficient (Wildman–Crippen LogP) is 3.10. The Morgan fingerprint density at radius 3 is 2.85 bits per heavy atom. The highest BCUT2D eigenvalue weighted by Gasteiger charge is 2.36. The molecule has 1 aliphatic heterocycles. The minimum Gasteiger partial charge on any atom is -0.311 e. The van der Waals surface area contributed by atoms with Crippen molar-refractivity contribution in [3.05, 3.63) is 35.1 Å². The Kier molecular flexibility index (Phi) is 4.08. The lowest BCUT2D eigenvalue weighted by molar-refractivity contribution is 0.111. The van der Waals surface area contributed by atoms with Gasteiger partial charge < -0.3 is 5.32 Å². The second kappa shape index (κ2) is 5.82. The summed E-state index contributed by atoms with van der Waals surface area (Å²) in [5, 5.41) is 3.71. The monoisotopic (exact) mass is 276 g/mol. The molecule has 110 valence electrons. The van der Waals surface area contributed by atoms with Crippen LogP contribution in [-0.4, -0.2) is 30.1 Å². The van der Waals surface area contributed by atoms with Crippen LogP contribution in [-0.2, 0) is 6.54 Å². The zero-order valence-corrected chi connectivity index (χ0v) is 12.5. The van der Waals surface area contributed by atoms with Crippen LogP contribution in [0.4, 0.5) is 4.39 Å². The Bertz CT molecular complexity index is 470. The van der Waals surface area contributed by atoms with Crippen LogP contribution in [0.3, 0.4) is 0 Å². The molecule has 1 aromatic rings. The van der Waals surface area contributed by atoms with Crippen LogP contribution in [0.25, 0.3) is 0 Å². The first-order chi connectivity index (χ1) is 9.67. The summed E-state index contributed by atoms with van der Waals surface area (Å²) in [6, 6.07) is 6.38. The molecule has 2 unspecified atom stereocenters. The van der Waals surface area contributed by atoms with Crippen molar-refractivity contribution < 1.29 is 4.39 Å². The van der Waals surface area contributed by atoms with E-state index >= 15 is 0 Å². The van der Waals surface area contributed by atoms with Crippen LogP contribution >= 0.6 is 0 Å². The Morgan fingerprint density at radius 2 is 2.15 bits per heavy atom. The third-order valence-electron chi connectivity index (χ3n) is 4.91. The van der Waals surface area contributed by atoms with Crippen molar-refractivity contribution in [3.8, 4) is 0 Å². The molecule has 1 N–H and O–H groups in total. The predicted molar refractivity (Wildman–Crippen MR) is 80.1 cm³/mol. The molecular weight excluding hydrogens is 251 g/mol. The average molecular weight is 276 g/mol. The van der Waals surface area contributed by atoms with E-state index < -0.39 is 0 Å². The summed E-state index contributed by atoms with van der Waals surface area (Å²) >= 11 is 0. The van der Waals surface area contributed by atoms with Crippen LogP contribution in [0.5, 0.6) is 0 Å². The van der Waals surface area contributed by atoms with E-state index in [-0.39, 0.29) is 5.82 Å². The molecule has 2 aliphatic rings. The topological polar surface area (TPSA) is 15.3 Å². The van der Waals surface area contributed by atoms with Crippen LogP contribution in [0.15, 0.2) is 18.2 Å². The van der Waals surface area contributed by atoms with E-state index in [1.54, 1.807) is 12.1 Å². The van der Waals surface area contributed by atoms with Crippen LogP contribution < -0.4 is 5.32 Å². The van der Waals surface area contributed by atoms with E-state index in [1.807, 2.05) is 6.07 Å². The van der Waals surface area contributed by atoms with Crippen molar-refractivity contribution in [2.24, 2.45) is 5.92 Å². The molecule has 1 aliphatic carbocycles. The van der Waals surface area contributed by atoms with Gasteiger partial charge in [0.1, 0.15) is 5.82 Å². The summed E-state index contributed by atoms with van der Waals surface area (Å²) in [5.74, 6) is 0.761. The minimum absolute atomic E-state index is 0.118. The maximum Gasteiger partial charge on any atom is 0.123 e. The minimum atomic E-state index is -0.118. The van der Waals surface area contributed by atoms with Crippen molar-refractivity contribution in [3.63, 3.8) is 0 Å². The number of benzene rings is 1. The molecule has 3 heteroatoms. The molecular formula is C17H25FN2. The fraction of sp³-hybridized carbons (Fsp3) is 0.647. The van der Waals surface area contributed by atoms with Gasteiger partial charge >= 0.3 is 0 Å². The fourth-order valence-electron chi connectivity index (χ4n) is 3.32. The van der Waals surface area contributed by atoms with Crippen molar-refractivity contribution in [2.75, 3.05) is 13.1 Å². The Hall–Kier alpha value is -0.930. The zero-order chi connectivity index (χ0) is 14.1. The number of rotatable bonds is 4. The molecule has 2 atom stereocenters. The second-order valence-electron chi connectivity index (χ2n) is 6.41. The van der Waals surface area contributed by atoms with Crippen molar-refractivity contribution in [1.82, 2.24) is 10.2 Å². The van der Waals surface area contributed by atoms with Gasteiger partial charge in [-0.15, -0.1) is 0 Å². The van der Waals surface area contributed by atoms with Gasteiger partial charge in [0.15, 0.2) is 0 Å². The highest BCUT2D eigenvalue weighted by molar-refractivity contribution is 5.26. The van der Waals surface area contributed by atoms with Crippen LogP contribution in [0.2, 0.25) is 0 Å². The molecule has 0 amide bonds. The number of aryl methyl sites for hydroxylation is 1. The highest BCUT2D eigenvalue weighted by atomic mass is 19.1. The largest absolute Gasteiger partial charge is 0.311 e. The molecule has 1 aromatic carbocycles. The second-order valence-corrected chi connectivity index (χ2v) is 6.41. The summed E-state index contributed by atoms with van der Waals surface area (Å²) < 4.78 is 13.5. The third-order valence-corrected chi connectivity index (χ3v) is 4.91. The van der Waals surface area contributed by atoms with E-state index in [0.29, 0.717) is 12.1 Å². The van der Waals surface area contributed by atoms with Crippen molar-refractivity contribution in [1.29, 1.82) is 0 Å². The van der Waals surface area contributed by atoms with E-state index in [0.717, 1.165) is 37.5 Å². The van der Waals surface area contributed by atoms with E-state index in [1.165, 1.54) is 18.4 Å². The molecule has 1 saturated carbocycles. The summed E-state index contributed by atoms with van der Waals surface area (Å²) in [5.41, 5.74) is 2.34. The van der Waals surface area contributed by atoms with Crippen molar-refractivity contribution >= 4 is 0 Å². The van der Waals surface area contributed by atoms with Gasteiger partial charge in [0.05, 0.1) is 0 Å². The summed E-state index contributed by atoms with van der Waals surface area (Å²) in [4.78, 5) is 2.56. The average Bonchev–Trinajstić information content (AvgIpc) is 3.27. The number of hydrogen-bond donors (Lipinski definition) is 1. The van der Waals surface area contributed by atoms with E-state index in [2.05, 4.69) is 24.1 Å². The van der Waals surface area contributed by atoms with Gasteiger partial charge in [-0.05, 0) is 55.4 Å². The van der Waals surface area contributed by atoms with Gasteiger partial charge in [-0.25, -0.2) is 4.39 Å². The molecule has 0 spiro atoms. The van der Waals surface area contributed by atoms with Gasteiger partial charge in [0.25, 0.3) is 0 Å². The highest BCUT2D eigenvalue weighted by Crippen LogP contribution is 2.34. The molecule has 0 aromatic heterocycles. The SMILES string of the molecule is CCC1CNC(C2CC2)CN1Cc1cc(F)ccc1C. The van der Waals surface area contributed by atoms with Gasteiger partial charge in [0, 0.05) is 31.7 Å². The Morgan fingerprint density at radius 1 is 1.35 bits per heavy atom. The summed E-state index contributed by atoms with van der Waals surface area (Å²) in [7, 11) is 0. The summed E-state index contributed by atoms with van der Waals surface area (Å²) in [6.07, 6.45) is 3.90. The van der Waals surface area contributed by atoms with E-state index in [4.69, 9.17) is 0 Å². The quantitative estimate of drug-likeness (QED) is 0.909. The number of nitrogens with zero attached hydrogens (tertiary/aromatic N) is 1. The van der Waals surface area contributed by atoms with Gasteiger partial charge in [0.2, 0.25) is 0 Å². The standard InChI is InChI=1S/C17H25FN2/c1-3-16-9-19-17(13-5-6-13)11-20(16)10-14-8-15(18)7-4-12(14)2/h4,7-8,13,16-17,19H,3,5-6,9-11H2,1-2H3. The molecule has 3 rings (SSSR count). The summed E-state index contributed by atoms with van der Waals surface area (Å²) in [6.45, 7) is 7.39. The number of hydrogen-bond acceptors (Lipinski definition) is 2. The normalized spacial score (nSPS) is 27.8. The Labute approximate surface area is 121 Å². The maximum absolute atomic E-state index is 13.5. The number of halogens is 1. The molecule has 0 radical (unpaired) electrons. The number of piperazine rings is 1. The molecule has 1 heterocycles. The first kappa shape index (κ1) is 14.0. The lowest BCUT2D eigenvalue weighted by atomic mass is 10.0. The molecule has 2 nitrogen and oxygen atoms in total. The first-order valence-electron chi connectivity index (χ1n) is 7.90. The van der Waals surface area contributed by atoms with E-state index in [9.17, 15) is 4.39 Å². The van der Waals surface area contributed by atoms with Crippen molar-refractivity contribution in [2.45, 2.75) is 51.7 Å².